The molecule has 0 aromatic rings. The smallest absolute Gasteiger partial charge is 0.326 e. The molecule has 0 saturated carbocycles. The highest BCUT2D eigenvalue weighted by molar-refractivity contribution is 5.88. The molecule has 0 aromatic carbocycles. The Morgan fingerprint density at radius 2 is 2.05 bits per heavy atom. The van der Waals surface area contributed by atoms with Crippen molar-refractivity contribution in [2.45, 2.75) is 25.3 Å². The quantitative estimate of drug-likeness (QED) is 0.488. The Kier molecular flexibility index (Phi) is 5.94. The molecular weight excluding hydrogens is 280 g/mol. The molecule has 4 amide bonds. The van der Waals surface area contributed by atoms with Crippen molar-refractivity contribution >= 4 is 23.8 Å². The molecule has 1 unspecified atom stereocenters. The lowest BCUT2D eigenvalue weighted by molar-refractivity contribution is -0.141. The molecule has 0 aromatic heterocycles. The van der Waals surface area contributed by atoms with Crippen LogP contribution in [-0.2, 0) is 14.4 Å². The molecular formula is C12H20N4O5. The summed E-state index contributed by atoms with van der Waals surface area (Å²) in [5.74, 6) is -2.61. The zero-order valence-corrected chi connectivity index (χ0v) is 11.8. The van der Waals surface area contributed by atoms with Gasteiger partial charge in [-0.25, -0.2) is 9.59 Å². The highest BCUT2D eigenvalue weighted by Crippen LogP contribution is 2.16. The summed E-state index contributed by atoms with van der Waals surface area (Å²) in [7, 11) is 1.52. The standard InChI is InChI=1S/C12H20N4O5/c1-14-10(18)7-3-2-4-16(6-7)12(21)15-8(11(19)20)5-9(13)17/h7-8H,2-6H2,1H3,(H2,13,17)(H,14,18)(H,15,21)(H,19,20)/t7?,8-/m0/s1. The van der Waals surface area contributed by atoms with Crippen LogP contribution in [0.2, 0.25) is 0 Å². The first-order valence-corrected chi connectivity index (χ1v) is 6.63. The fourth-order valence-electron chi connectivity index (χ4n) is 2.22. The lowest BCUT2D eigenvalue weighted by Crippen LogP contribution is -2.53. The van der Waals surface area contributed by atoms with Crippen LogP contribution in [0.4, 0.5) is 4.79 Å². The number of nitrogens with two attached hydrogens (primary N) is 1. The van der Waals surface area contributed by atoms with Gasteiger partial charge in [-0.1, -0.05) is 0 Å². The van der Waals surface area contributed by atoms with Gasteiger partial charge in [0.05, 0.1) is 12.3 Å². The summed E-state index contributed by atoms with van der Waals surface area (Å²) < 4.78 is 0. The number of nitrogens with zero attached hydrogens (tertiary/aromatic N) is 1. The Labute approximate surface area is 121 Å². The fourth-order valence-corrected chi connectivity index (χ4v) is 2.22. The molecule has 9 nitrogen and oxygen atoms in total. The van der Waals surface area contributed by atoms with Gasteiger partial charge in [-0.15, -0.1) is 0 Å². The molecule has 0 spiro atoms. The molecule has 0 bridgehead atoms. The van der Waals surface area contributed by atoms with Gasteiger partial charge in [0, 0.05) is 20.1 Å². The monoisotopic (exact) mass is 300 g/mol. The molecule has 5 N–H and O–H groups in total. The lowest BCUT2D eigenvalue weighted by Gasteiger charge is -2.32. The Morgan fingerprint density at radius 1 is 1.38 bits per heavy atom. The summed E-state index contributed by atoms with van der Waals surface area (Å²) in [4.78, 5) is 46.7. The molecule has 0 aliphatic carbocycles. The molecule has 21 heavy (non-hydrogen) atoms. The van der Waals surface area contributed by atoms with Crippen LogP contribution in [0.5, 0.6) is 0 Å². The summed E-state index contributed by atoms with van der Waals surface area (Å²) >= 11 is 0. The summed E-state index contributed by atoms with van der Waals surface area (Å²) in [6.45, 7) is 0.649. The van der Waals surface area contributed by atoms with E-state index in [0.29, 0.717) is 19.4 Å². The van der Waals surface area contributed by atoms with Gasteiger partial charge < -0.3 is 26.4 Å². The number of carboxylic acids is 1. The van der Waals surface area contributed by atoms with Crippen LogP contribution in [0.15, 0.2) is 0 Å². The van der Waals surface area contributed by atoms with Gasteiger partial charge in [-0.3, -0.25) is 9.59 Å². The third-order valence-corrected chi connectivity index (χ3v) is 3.33. The van der Waals surface area contributed by atoms with Gasteiger partial charge in [-0.05, 0) is 12.8 Å². The van der Waals surface area contributed by atoms with E-state index in [1.165, 1.54) is 11.9 Å². The Balaban J connectivity index is 2.62. The van der Waals surface area contributed by atoms with Crippen molar-refractivity contribution < 1.29 is 24.3 Å². The number of amides is 4. The number of carbonyl (C=O) groups is 4. The minimum Gasteiger partial charge on any atom is -0.480 e. The molecule has 1 aliphatic heterocycles. The van der Waals surface area contributed by atoms with Crippen molar-refractivity contribution in [3.8, 4) is 0 Å². The second kappa shape index (κ2) is 7.46. The van der Waals surface area contributed by atoms with Crippen LogP contribution in [0, 0.1) is 5.92 Å². The zero-order valence-electron chi connectivity index (χ0n) is 11.8. The number of carboxylic acid groups (broad SMARTS) is 1. The van der Waals surface area contributed by atoms with Crippen molar-refractivity contribution in [2.75, 3.05) is 20.1 Å². The molecule has 1 saturated heterocycles. The third-order valence-electron chi connectivity index (χ3n) is 3.33. The molecule has 9 heteroatoms. The van der Waals surface area contributed by atoms with Crippen molar-refractivity contribution in [1.29, 1.82) is 0 Å². The first-order chi connectivity index (χ1) is 9.85. The number of nitrogens with one attached hydrogen (secondary N) is 2. The van der Waals surface area contributed by atoms with Crippen LogP contribution in [0.1, 0.15) is 19.3 Å². The summed E-state index contributed by atoms with van der Waals surface area (Å²) in [5, 5.41) is 13.7. The maximum Gasteiger partial charge on any atom is 0.326 e. The van der Waals surface area contributed by atoms with Gasteiger partial charge in [0.2, 0.25) is 11.8 Å². The summed E-state index contributed by atoms with van der Waals surface area (Å²) in [6, 6.07) is -1.98. The number of piperidine rings is 1. The van der Waals surface area contributed by atoms with E-state index in [1.54, 1.807) is 0 Å². The van der Waals surface area contributed by atoms with E-state index >= 15 is 0 Å². The van der Waals surface area contributed by atoms with E-state index in [2.05, 4.69) is 10.6 Å². The number of urea groups is 1. The maximum absolute atomic E-state index is 12.0. The number of carbonyl (C=O) groups excluding carboxylic acids is 3. The zero-order chi connectivity index (χ0) is 16.0. The minimum atomic E-state index is -1.37. The average molecular weight is 300 g/mol. The molecule has 1 rings (SSSR count). The number of aliphatic carboxylic acids is 1. The average Bonchev–Trinajstić information content (AvgIpc) is 2.45. The SMILES string of the molecule is CNC(=O)C1CCCN(C(=O)N[C@@H](CC(N)=O)C(=O)O)C1. The Morgan fingerprint density at radius 3 is 2.57 bits per heavy atom. The molecule has 0 radical (unpaired) electrons. The largest absolute Gasteiger partial charge is 0.480 e. The molecule has 1 fully saturated rings. The van der Waals surface area contributed by atoms with Crippen molar-refractivity contribution in [3.63, 3.8) is 0 Å². The number of hydrogen-bond donors (Lipinski definition) is 4. The van der Waals surface area contributed by atoms with E-state index in [0.717, 1.165) is 0 Å². The van der Waals surface area contributed by atoms with E-state index in [1.807, 2.05) is 0 Å². The lowest BCUT2D eigenvalue weighted by atomic mass is 9.97. The van der Waals surface area contributed by atoms with E-state index in [9.17, 15) is 19.2 Å². The number of rotatable bonds is 5. The van der Waals surface area contributed by atoms with Crippen LogP contribution in [-0.4, -0.2) is 60.0 Å². The highest BCUT2D eigenvalue weighted by atomic mass is 16.4. The summed E-state index contributed by atoms with van der Waals surface area (Å²) in [5.41, 5.74) is 4.95. The van der Waals surface area contributed by atoms with Gasteiger partial charge in [-0.2, -0.15) is 0 Å². The number of primary amides is 1. The predicted octanol–water partition coefficient (Wildman–Crippen LogP) is -1.52. The number of hydrogen-bond acceptors (Lipinski definition) is 4. The first-order valence-electron chi connectivity index (χ1n) is 6.63. The minimum absolute atomic E-state index is 0.153. The maximum atomic E-state index is 12.0. The normalized spacial score (nSPS) is 19.5. The molecule has 2 atom stereocenters. The van der Waals surface area contributed by atoms with Crippen LogP contribution in [0.3, 0.4) is 0 Å². The second-order valence-electron chi connectivity index (χ2n) is 4.91. The Hall–Kier alpha value is -2.32. The highest BCUT2D eigenvalue weighted by Gasteiger charge is 2.30. The van der Waals surface area contributed by atoms with Crippen LogP contribution < -0.4 is 16.4 Å². The van der Waals surface area contributed by atoms with Crippen LogP contribution in [0.25, 0.3) is 0 Å². The van der Waals surface area contributed by atoms with Crippen molar-refractivity contribution in [1.82, 2.24) is 15.5 Å². The predicted molar refractivity (Wildman–Crippen MR) is 72.1 cm³/mol. The molecule has 1 aliphatic rings. The van der Waals surface area contributed by atoms with E-state index < -0.39 is 30.4 Å². The fraction of sp³-hybridized carbons (Fsp3) is 0.667. The number of likely N-dealkylation sites (tertiary alicyclic amines) is 1. The van der Waals surface area contributed by atoms with E-state index in [4.69, 9.17) is 10.8 Å². The van der Waals surface area contributed by atoms with Gasteiger partial charge in [0.25, 0.3) is 0 Å². The summed E-state index contributed by atoms with van der Waals surface area (Å²) in [6.07, 6.45) is 0.847. The molecule has 118 valence electrons. The first kappa shape index (κ1) is 16.7. The third kappa shape index (κ3) is 4.93. The van der Waals surface area contributed by atoms with Gasteiger partial charge >= 0.3 is 12.0 Å². The molecule has 1 heterocycles. The topological polar surface area (TPSA) is 142 Å². The van der Waals surface area contributed by atoms with Crippen molar-refractivity contribution in [2.24, 2.45) is 11.7 Å². The Bertz CT molecular complexity index is 439. The van der Waals surface area contributed by atoms with Gasteiger partial charge in [0.1, 0.15) is 6.04 Å². The van der Waals surface area contributed by atoms with E-state index in [-0.39, 0.29) is 18.4 Å². The second-order valence-corrected chi connectivity index (χ2v) is 4.91. The van der Waals surface area contributed by atoms with Gasteiger partial charge in [0.15, 0.2) is 0 Å². The van der Waals surface area contributed by atoms with Crippen LogP contribution >= 0.6 is 0 Å². The van der Waals surface area contributed by atoms with Crippen molar-refractivity contribution in [3.05, 3.63) is 0 Å².